The third-order valence-corrected chi connectivity index (χ3v) is 5.62. The minimum Gasteiger partial charge on any atom is -0.497 e. The van der Waals surface area contributed by atoms with Crippen LogP contribution >= 0.6 is 11.8 Å². The van der Waals surface area contributed by atoms with E-state index in [0.717, 1.165) is 29.7 Å². The highest BCUT2D eigenvalue weighted by Gasteiger charge is 2.17. The van der Waals surface area contributed by atoms with Gasteiger partial charge in [-0.1, -0.05) is 42.8 Å². The number of para-hydroxylation sites is 1. The number of carbonyl (C=O) groups is 1. The molecule has 0 saturated carbocycles. The van der Waals surface area contributed by atoms with E-state index in [-0.39, 0.29) is 5.78 Å². The van der Waals surface area contributed by atoms with Crippen LogP contribution in [0.15, 0.2) is 59.6 Å². The first-order valence-corrected chi connectivity index (χ1v) is 10.4. The lowest BCUT2D eigenvalue weighted by molar-refractivity contribution is 0.102. The number of hydrogen-bond donors (Lipinski definition) is 0. The number of rotatable bonds is 5. The number of thioether (sulfide) groups is 1. The van der Waals surface area contributed by atoms with Gasteiger partial charge in [-0.2, -0.15) is 0 Å². The molecule has 3 rings (SSSR count). The molecule has 5 heteroatoms. The van der Waals surface area contributed by atoms with Crippen molar-refractivity contribution in [1.82, 2.24) is 4.90 Å². The molecular formula is C22H26N2O2S. The van der Waals surface area contributed by atoms with E-state index in [4.69, 9.17) is 9.73 Å². The van der Waals surface area contributed by atoms with Crippen LogP contribution in [0.5, 0.6) is 5.75 Å². The van der Waals surface area contributed by atoms with Crippen LogP contribution in [0.1, 0.15) is 36.0 Å². The van der Waals surface area contributed by atoms with Crippen molar-refractivity contribution in [3.8, 4) is 5.75 Å². The van der Waals surface area contributed by atoms with Gasteiger partial charge in [-0.3, -0.25) is 4.79 Å². The minimum atomic E-state index is 0.109. The molecule has 1 fully saturated rings. The minimum absolute atomic E-state index is 0.109. The second-order valence-electron chi connectivity index (χ2n) is 6.57. The Hall–Kier alpha value is -2.27. The summed E-state index contributed by atoms with van der Waals surface area (Å²) >= 11 is 1.54. The Bertz CT molecular complexity index is 752. The van der Waals surface area contributed by atoms with E-state index < -0.39 is 0 Å². The highest BCUT2D eigenvalue weighted by atomic mass is 32.2. The third-order valence-electron chi connectivity index (χ3n) is 4.60. The summed E-state index contributed by atoms with van der Waals surface area (Å²) in [6.07, 6.45) is 4.90. The molecule has 142 valence electrons. The normalized spacial score (nSPS) is 15.3. The quantitative estimate of drug-likeness (QED) is 0.406. The summed E-state index contributed by atoms with van der Waals surface area (Å²) in [4.78, 5) is 19.8. The Kier molecular flexibility index (Phi) is 7.34. The average Bonchev–Trinajstić information content (AvgIpc) is 3.01. The zero-order valence-corrected chi connectivity index (χ0v) is 16.6. The van der Waals surface area contributed by atoms with Crippen molar-refractivity contribution in [3.63, 3.8) is 0 Å². The summed E-state index contributed by atoms with van der Waals surface area (Å²) in [6.45, 7) is 2.02. The van der Waals surface area contributed by atoms with E-state index >= 15 is 0 Å². The second kappa shape index (κ2) is 10.2. The molecule has 0 aromatic heterocycles. The van der Waals surface area contributed by atoms with Crippen LogP contribution in [-0.4, -0.2) is 41.8 Å². The topological polar surface area (TPSA) is 41.9 Å². The van der Waals surface area contributed by atoms with Gasteiger partial charge in [-0.05, 0) is 49.2 Å². The van der Waals surface area contributed by atoms with E-state index in [1.54, 1.807) is 18.9 Å². The highest BCUT2D eigenvalue weighted by Crippen LogP contribution is 2.22. The summed E-state index contributed by atoms with van der Waals surface area (Å²) < 4.78 is 5.16. The summed E-state index contributed by atoms with van der Waals surface area (Å²) in [6, 6.07) is 17.3. The van der Waals surface area contributed by atoms with Gasteiger partial charge >= 0.3 is 0 Å². The van der Waals surface area contributed by atoms with Crippen molar-refractivity contribution >= 4 is 28.4 Å². The molecule has 1 heterocycles. The number of hydrogen-bond acceptors (Lipinski definition) is 4. The van der Waals surface area contributed by atoms with E-state index in [2.05, 4.69) is 4.90 Å². The van der Waals surface area contributed by atoms with Crippen molar-refractivity contribution in [2.75, 3.05) is 26.0 Å². The predicted molar refractivity (Wildman–Crippen MR) is 113 cm³/mol. The van der Waals surface area contributed by atoms with E-state index in [0.29, 0.717) is 11.3 Å². The van der Waals surface area contributed by atoms with Crippen LogP contribution in [0, 0.1) is 0 Å². The van der Waals surface area contributed by atoms with Crippen LogP contribution in [0.2, 0.25) is 0 Å². The molecule has 2 aromatic rings. The fourth-order valence-corrected chi connectivity index (χ4v) is 4.02. The van der Waals surface area contributed by atoms with E-state index in [9.17, 15) is 4.79 Å². The first-order chi connectivity index (χ1) is 13.3. The molecule has 0 aliphatic carbocycles. The second-order valence-corrected chi connectivity index (χ2v) is 7.51. The molecule has 1 aliphatic heterocycles. The summed E-state index contributed by atoms with van der Waals surface area (Å²) in [7, 11) is 1.63. The Labute approximate surface area is 165 Å². The SMILES string of the molecule is COc1ccc(C(=O)CSC(=Nc2ccccc2)N2CCCCCC2)cc1. The van der Waals surface area contributed by atoms with Crippen LogP contribution in [0.25, 0.3) is 0 Å². The maximum absolute atomic E-state index is 12.6. The standard InChI is InChI=1S/C22H26N2O2S/c1-26-20-13-11-18(12-14-20)21(25)17-27-22(23-19-9-5-4-6-10-19)24-15-7-2-3-8-16-24/h4-6,9-14H,2-3,7-8,15-17H2,1H3. The van der Waals surface area contributed by atoms with Crippen LogP contribution < -0.4 is 4.74 Å². The first-order valence-electron chi connectivity index (χ1n) is 9.45. The fourth-order valence-electron chi connectivity index (χ4n) is 3.06. The lowest BCUT2D eigenvalue weighted by Gasteiger charge is -2.23. The van der Waals surface area contributed by atoms with Crippen LogP contribution in [-0.2, 0) is 0 Å². The largest absolute Gasteiger partial charge is 0.497 e. The number of ether oxygens (including phenoxy) is 1. The van der Waals surface area contributed by atoms with Crippen molar-refractivity contribution < 1.29 is 9.53 Å². The number of Topliss-reactive ketones (excluding diaryl/α,β-unsaturated/α-hetero) is 1. The number of amidine groups is 1. The van der Waals surface area contributed by atoms with Gasteiger partial charge in [0.1, 0.15) is 5.75 Å². The molecule has 0 amide bonds. The molecule has 0 bridgehead atoms. The van der Waals surface area contributed by atoms with Crippen LogP contribution in [0.4, 0.5) is 5.69 Å². The summed E-state index contributed by atoms with van der Waals surface area (Å²) in [5, 5.41) is 0.949. The Morgan fingerprint density at radius 1 is 1.00 bits per heavy atom. The zero-order valence-electron chi connectivity index (χ0n) is 15.8. The van der Waals surface area contributed by atoms with E-state index in [1.807, 2.05) is 54.6 Å². The van der Waals surface area contributed by atoms with Gasteiger partial charge in [0, 0.05) is 18.7 Å². The number of benzene rings is 2. The number of aliphatic imine (C=N–C) groups is 1. The lowest BCUT2D eigenvalue weighted by Crippen LogP contribution is -2.30. The molecule has 27 heavy (non-hydrogen) atoms. The molecule has 4 nitrogen and oxygen atoms in total. The van der Waals surface area contributed by atoms with Gasteiger partial charge in [-0.15, -0.1) is 0 Å². The molecular weight excluding hydrogens is 356 g/mol. The lowest BCUT2D eigenvalue weighted by atomic mass is 10.1. The predicted octanol–water partition coefficient (Wildman–Crippen LogP) is 5.17. The van der Waals surface area contributed by atoms with Gasteiger partial charge in [0.2, 0.25) is 0 Å². The maximum atomic E-state index is 12.6. The molecule has 0 radical (unpaired) electrons. The number of ketones is 1. The average molecular weight is 383 g/mol. The zero-order chi connectivity index (χ0) is 18.9. The van der Waals surface area contributed by atoms with Crippen molar-refractivity contribution in [3.05, 3.63) is 60.2 Å². The molecule has 1 aliphatic rings. The Balaban J connectivity index is 1.72. The molecule has 0 unspecified atom stereocenters. The molecule has 2 aromatic carbocycles. The fraction of sp³-hybridized carbons (Fsp3) is 0.364. The number of methoxy groups -OCH3 is 1. The monoisotopic (exact) mass is 382 g/mol. The molecule has 0 atom stereocenters. The first kappa shape index (κ1) is 19.5. The molecule has 0 spiro atoms. The third kappa shape index (κ3) is 5.86. The number of nitrogens with zero attached hydrogens (tertiary/aromatic N) is 2. The Morgan fingerprint density at radius 3 is 2.30 bits per heavy atom. The smallest absolute Gasteiger partial charge is 0.173 e. The number of likely N-dealkylation sites (tertiary alicyclic amines) is 1. The van der Waals surface area contributed by atoms with Crippen LogP contribution in [0.3, 0.4) is 0 Å². The van der Waals surface area contributed by atoms with Crippen molar-refractivity contribution in [2.24, 2.45) is 4.99 Å². The molecule has 1 saturated heterocycles. The summed E-state index contributed by atoms with van der Waals surface area (Å²) in [5.41, 5.74) is 1.64. The van der Waals surface area contributed by atoms with Crippen molar-refractivity contribution in [2.45, 2.75) is 25.7 Å². The van der Waals surface area contributed by atoms with Gasteiger partial charge in [0.25, 0.3) is 0 Å². The highest BCUT2D eigenvalue weighted by molar-refractivity contribution is 8.14. The van der Waals surface area contributed by atoms with E-state index in [1.165, 1.54) is 25.7 Å². The van der Waals surface area contributed by atoms with Gasteiger partial charge in [-0.25, -0.2) is 4.99 Å². The van der Waals surface area contributed by atoms with Gasteiger partial charge in [0.15, 0.2) is 11.0 Å². The van der Waals surface area contributed by atoms with Gasteiger partial charge < -0.3 is 9.64 Å². The summed E-state index contributed by atoms with van der Waals surface area (Å²) in [5.74, 6) is 1.25. The molecule has 0 N–H and O–H groups in total. The van der Waals surface area contributed by atoms with Gasteiger partial charge in [0.05, 0.1) is 18.6 Å². The van der Waals surface area contributed by atoms with Crippen molar-refractivity contribution in [1.29, 1.82) is 0 Å². The number of carbonyl (C=O) groups excluding carboxylic acids is 1. The maximum Gasteiger partial charge on any atom is 0.173 e. The Morgan fingerprint density at radius 2 is 1.67 bits per heavy atom.